The lowest BCUT2D eigenvalue weighted by Crippen LogP contribution is -2.56. The van der Waals surface area contributed by atoms with Gasteiger partial charge in [0.05, 0.1) is 0 Å². The van der Waals surface area contributed by atoms with E-state index in [2.05, 4.69) is 10.3 Å². The highest BCUT2D eigenvalue weighted by Gasteiger charge is 2.48. The highest BCUT2D eigenvalue weighted by molar-refractivity contribution is 5.97. The Balaban J connectivity index is 1.29. The van der Waals surface area contributed by atoms with Gasteiger partial charge in [-0.05, 0) is 81.5 Å². The van der Waals surface area contributed by atoms with Gasteiger partial charge >= 0.3 is 0 Å². The molecule has 0 aromatic carbocycles. The summed E-state index contributed by atoms with van der Waals surface area (Å²) < 4.78 is 0. The first-order valence-corrected chi connectivity index (χ1v) is 10.7. The molecule has 0 aromatic rings. The van der Waals surface area contributed by atoms with E-state index in [1.54, 1.807) is 6.20 Å². The number of hydrogen-bond acceptors (Lipinski definition) is 3. The minimum Gasteiger partial charge on any atom is -0.349 e. The Morgan fingerprint density at radius 2 is 1.77 bits per heavy atom. The summed E-state index contributed by atoms with van der Waals surface area (Å²) in [6.07, 6.45) is 13.2. The number of nitrogens with zero attached hydrogens (tertiary/aromatic N) is 1. The average Bonchev–Trinajstić information content (AvgIpc) is 2.64. The minimum absolute atomic E-state index is 0.117. The Bertz CT molecular complexity index is 606. The van der Waals surface area contributed by atoms with Gasteiger partial charge in [-0.3, -0.25) is 14.6 Å². The fourth-order valence-electron chi connectivity index (χ4n) is 6.01. The van der Waals surface area contributed by atoms with Crippen LogP contribution in [0.5, 0.6) is 0 Å². The van der Waals surface area contributed by atoms with Gasteiger partial charge in [0.25, 0.3) is 0 Å². The lowest BCUT2D eigenvalue weighted by atomic mass is 9.54. The monoisotopic (exact) mass is 356 g/mol. The summed E-state index contributed by atoms with van der Waals surface area (Å²) in [4.78, 5) is 28.7. The number of aliphatic imine (C=N–C) groups is 1. The highest BCUT2D eigenvalue weighted by atomic mass is 16.1. The molecule has 0 aromatic heterocycles. The van der Waals surface area contributed by atoms with E-state index in [1.807, 2.05) is 6.92 Å². The molecule has 4 fully saturated rings. The molecule has 5 rings (SSSR count). The zero-order valence-electron chi connectivity index (χ0n) is 16.0. The zero-order chi connectivity index (χ0) is 18.1. The molecule has 26 heavy (non-hydrogen) atoms. The molecule has 4 aliphatic carbocycles. The summed E-state index contributed by atoms with van der Waals surface area (Å²) in [5, 5.41) is 3.39. The summed E-state index contributed by atoms with van der Waals surface area (Å²) in [5.74, 6) is 3.75. The Kier molecular flexibility index (Phi) is 5.28. The molecule has 4 bridgehead atoms. The number of amides is 1. The lowest BCUT2D eigenvalue weighted by molar-refractivity contribution is -0.121. The van der Waals surface area contributed by atoms with Crippen molar-refractivity contribution in [2.75, 3.05) is 0 Å². The molecule has 1 heterocycles. The second kappa shape index (κ2) is 7.66. The van der Waals surface area contributed by atoms with Crippen LogP contribution >= 0.6 is 0 Å². The Labute approximate surface area is 156 Å². The molecule has 5 aliphatic rings. The molecule has 0 atom stereocenters. The van der Waals surface area contributed by atoms with Crippen molar-refractivity contribution in [1.82, 2.24) is 5.32 Å². The molecule has 0 radical (unpaired) electrons. The van der Waals surface area contributed by atoms with Crippen LogP contribution in [-0.2, 0) is 9.59 Å². The van der Waals surface area contributed by atoms with E-state index in [-0.39, 0.29) is 5.91 Å². The zero-order valence-corrected chi connectivity index (χ0v) is 16.0. The SMILES string of the molecule is CCC(=O)CCCC1=NC=C(C(=O)NC2C3CC4CC(C3)CC2C4)CC1. The Hall–Kier alpha value is -1.45. The van der Waals surface area contributed by atoms with Gasteiger partial charge in [0, 0.05) is 36.4 Å². The van der Waals surface area contributed by atoms with Crippen LogP contribution in [0.15, 0.2) is 16.8 Å². The van der Waals surface area contributed by atoms with Crippen LogP contribution in [0, 0.1) is 23.7 Å². The number of carbonyl (C=O) groups excluding carboxylic acids is 2. The molecule has 0 saturated heterocycles. The van der Waals surface area contributed by atoms with Gasteiger partial charge < -0.3 is 5.32 Å². The van der Waals surface area contributed by atoms with Crippen LogP contribution < -0.4 is 5.32 Å². The van der Waals surface area contributed by atoms with Crippen molar-refractivity contribution in [3.8, 4) is 0 Å². The van der Waals surface area contributed by atoms with Crippen molar-refractivity contribution >= 4 is 17.4 Å². The van der Waals surface area contributed by atoms with Crippen LogP contribution in [0.2, 0.25) is 0 Å². The van der Waals surface area contributed by atoms with Crippen LogP contribution in [0.4, 0.5) is 0 Å². The smallest absolute Gasteiger partial charge is 0.248 e. The summed E-state index contributed by atoms with van der Waals surface area (Å²) in [6, 6.07) is 0.404. The quantitative estimate of drug-likeness (QED) is 0.743. The maximum absolute atomic E-state index is 12.7. The first-order chi connectivity index (χ1) is 12.6. The van der Waals surface area contributed by atoms with Crippen LogP contribution in [-0.4, -0.2) is 23.4 Å². The molecule has 1 aliphatic heterocycles. The predicted molar refractivity (Wildman–Crippen MR) is 103 cm³/mol. The first-order valence-electron chi connectivity index (χ1n) is 10.7. The van der Waals surface area contributed by atoms with E-state index >= 15 is 0 Å². The molecule has 0 spiro atoms. The standard InChI is InChI=1S/C22H32N2O2/c1-2-20(25)5-3-4-19-7-6-16(13-23-19)22(26)24-21-17-9-14-8-15(11-17)12-18(21)10-14/h13-15,17-18,21H,2-12H2,1H3,(H,24,26). The molecule has 142 valence electrons. The molecule has 1 N–H and O–H groups in total. The van der Waals surface area contributed by atoms with Crippen molar-refractivity contribution in [1.29, 1.82) is 0 Å². The lowest BCUT2D eigenvalue weighted by Gasteiger charge is -2.54. The van der Waals surface area contributed by atoms with Crippen molar-refractivity contribution in [3.63, 3.8) is 0 Å². The van der Waals surface area contributed by atoms with Crippen LogP contribution in [0.3, 0.4) is 0 Å². The number of ketones is 1. The summed E-state index contributed by atoms with van der Waals surface area (Å²) in [5.41, 5.74) is 1.98. The van der Waals surface area contributed by atoms with Gasteiger partial charge in [-0.2, -0.15) is 0 Å². The third-order valence-corrected chi connectivity index (χ3v) is 7.22. The summed E-state index contributed by atoms with van der Waals surface area (Å²) in [6.45, 7) is 1.91. The number of carbonyl (C=O) groups is 2. The largest absolute Gasteiger partial charge is 0.349 e. The molecule has 1 amide bonds. The van der Waals surface area contributed by atoms with Crippen molar-refractivity contribution < 1.29 is 9.59 Å². The molecule has 0 unspecified atom stereocenters. The number of nitrogens with one attached hydrogen (secondary N) is 1. The van der Waals surface area contributed by atoms with Gasteiger partial charge in [-0.15, -0.1) is 0 Å². The number of rotatable bonds is 7. The maximum atomic E-state index is 12.7. The third kappa shape index (κ3) is 3.79. The maximum Gasteiger partial charge on any atom is 0.248 e. The molecule has 4 heteroatoms. The van der Waals surface area contributed by atoms with E-state index in [0.717, 1.165) is 60.6 Å². The molecule has 4 nitrogen and oxygen atoms in total. The summed E-state index contributed by atoms with van der Waals surface area (Å²) >= 11 is 0. The van der Waals surface area contributed by atoms with E-state index in [1.165, 1.54) is 32.1 Å². The van der Waals surface area contributed by atoms with E-state index in [9.17, 15) is 9.59 Å². The van der Waals surface area contributed by atoms with E-state index in [4.69, 9.17) is 0 Å². The van der Waals surface area contributed by atoms with Gasteiger partial charge in [0.1, 0.15) is 5.78 Å². The highest BCUT2D eigenvalue weighted by Crippen LogP contribution is 2.53. The third-order valence-electron chi connectivity index (χ3n) is 7.22. The molecular formula is C22H32N2O2. The Morgan fingerprint density at radius 1 is 1.08 bits per heavy atom. The second-order valence-electron chi connectivity index (χ2n) is 9.03. The number of Topliss-reactive ketones (excluding diaryl/α,β-unsaturated/α-hetero) is 1. The Morgan fingerprint density at radius 3 is 2.35 bits per heavy atom. The van der Waals surface area contributed by atoms with Crippen molar-refractivity contribution in [2.45, 2.75) is 83.6 Å². The van der Waals surface area contributed by atoms with Crippen LogP contribution in [0.25, 0.3) is 0 Å². The number of hydrogen-bond donors (Lipinski definition) is 1. The fourth-order valence-corrected chi connectivity index (χ4v) is 6.01. The van der Waals surface area contributed by atoms with Gasteiger partial charge in [-0.1, -0.05) is 6.92 Å². The van der Waals surface area contributed by atoms with Gasteiger partial charge in [0.15, 0.2) is 0 Å². The second-order valence-corrected chi connectivity index (χ2v) is 9.03. The topological polar surface area (TPSA) is 58.5 Å². The normalized spacial score (nSPS) is 35.0. The van der Waals surface area contributed by atoms with E-state index in [0.29, 0.717) is 24.7 Å². The van der Waals surface area contributed by atoms with Crippen LogP contribution in [0.1, 0.15) is 77.6 Å². The molecular weight excluding hydrogens is 324 g/mol. The first kappa shape index (κ1) is 17.9. The summed E-state index contributed by atoms with van der Waals surface area (Å²) in [7, 11) is 0. The average molecular weight is 357 g/mol. The molecule has 4 saturated carbocycles. The van der Waals surface area contributed by atoms with Crippen molar-refractivity contribution in [2.24, 2.45) is 28.7 Å². The minimum atomic E-state index is 0.117. The fraction of sp³-hybridized carbons (Fsp3) is 0.773. The predicted octanol–water partition coefficient (Wildman–Crippen LogP) is 4.20. The van der Waals surface area contributed by atoms with E-state index < -0.39 is 0 Å². The van der Waals surface area contributed by atoms with Gasteiger partial charge in [0.2, 0.25) is 5.91 Å². The van der Waals surface area contributed by atoms with Gasteiger partial charge in [-0.25, -0.2) is 0 Å². The van der Waals surface area contributed by atoms with Crippen molar-refractivity contribution in [3.05, 3.63) is 11.8 Å².